The van der Waals surface area contributed by atoms with Crippen LogP contribution in [-0.4, -0.2) is 40.5 Å². The van der Waals surface area contributed by atoms with Crippen LogP contribution in [0.5, 0.6) is 5.75 Å². The van der Waals surface area contributed by atoms with Crippen molar-refractivity contribution in [3.05, 3.63) is 66.5 Å². The van der Waals surface area contributed by atoms with Gasteiger partial charge in [0.25, 0.3) is 11.8 Å². The van der Waals surface area contributed by atoms with Gasteiger partial charge in [0, 0.05) is 30.9 Å². The van der Waals surface area contributed by atoms with Crippen LogP contribution in [0.25, 0.3) is 33.4 Å². The van der Waals surface area contributed by atoms with Gasteiger partial charge < -0.3 is 25.7 Å². The Kier molecular flexibility index (Phi) is 6.24. The molecule has 4 N–H and O–H groups in total. The van der Waals surface area contributed by atoms with Crippen molar-refractivity contribution in [3.63, 3.8) is 0 Å². The van der Waals surface area contributed by atoms with Crippen LogP contribution >= 0.6 is 0 Å². The van der Waals surface area contributed by atoms with E-state index in [0.717, 1.165) is 22.4 Å². The number of nitrogens with two attached hydrogens (primary N) is 1. The van der Waals surface area contributed by atoms with Gasteiger partial charge in [-0.3, -0.25) is 9.59 Å². The quantitative estimate of drug-likeness (QED) is 0.369. The number of carbonyl (C=O) groups excluding carboxylic acids is 2. The van der Waals surface area contributed by atoms with Gasteiger partial charge >= 0.3 is 0 Å². The predicted molar refractivity (Wildman–Crippen MR) is 137 cm³/mol. The number of hydrogen-bond donors (Lipinski definition) is 3. The van der Waals surface area contributed by atoms with Crippen molar-refractivity contribution in [3.8, 4) is 28.1 Å². The second kappa shape index (κ2) is 9.30. The predicted octanol–water partition coefficient (Wildman–Crippen LogP) is 3.77. The molecule has 0 fully saturated rings. The lowest BCUT2D eigenvalue weighted by molar-refractivity contribution is -0.112. The zero-order valence-electron chi connectivity index (χ0n) is 20.0. The fourth-order valence-corrected chi connectivity index (χ4v) is 4.01. The van der Waals surface area contributed by atoms with Crippen molar-refractivity contribution in [1.29, 1.82) is 0 Å². The molecule has 2 amide bonds. The lowest BCUT2D eigenvalue weighted by atomic mass is 9.97. The van der Waals surface area contributed by atoms with Crippen LogP contribution in [0.3, 0.4) is 0 Å². The van der Waals surface area contributed by atoms with Gasteiger partial charge in [0.2, 0.25) is 0 Å². The van der Waals surface area contributed by atoms with E-state index in [0.29, 0.717) is 39.4 Å². The van der Waals surface area contributed by atoms with Gasteiger partial charge in [0.05, 0.1) is 23.8 Å². The summed E-state index contributed by atoms with van der Waals surface area (Å²) >= 11 is 0. The first-order valence-electron chi connectivity index (χ1n) is 10.8. The molecule has 0 radical (unpaired) electrons. The van der Waals surface area contributed by atoms with Gasteiger partial charge in [-0.15, -0.1) is 0 Å². The minimum atomic E-state index is -0.248. The number of nitrogens with one attached hydrogen (secondary N) is 2. The molecular weight excluding hydrogens is 444 g/mol. The minimum Gasteiger partial charge on any atom is -0.496 e. The molecule has 0 bridgehead atoms. The van der Waals surface area contributed by atoms with E-state index < -0.39 is 0 Å². The summed E-state index contributed by atoms with van der Waals surface area (Å²) < 4.78 is 7.47. The van der Waals surface area contributed by atoms with Gasteiger partial charge in [-0.2, -0.15) is 0 Å². The van der Waals surface area contributed by atoms with E-state index in [1.807, 2.05) is 41.9 Å². The number of aromatic nitrogens is 3. The second-order valence-corrected chi connectivity index (χ2v) is 8.05. The van der Waals surface area contributed by atoms with E-state index in [2.05, 4.69) is 27.2 Å². The van der Waals surface area contributed by atoms with Gasteiger partial charge in [0.15, 0.2) is 0 Å². The Labute approximate surface area is 202 Å². The third-order valence-electron chi connectivity index (χ3n) is 5.76. The van der Waals surface area contributed by atoms with Crippen LogP contribution in [0, 0.1) is 0 Å². The Balaban J connectivity index is 1.93. The standard InChI is InChI=1S/C26H26N6O3/c1-14(2)25(33)31-17-9-6-15(7-10-17)22-20(21-23(27)29-13-30-24(21)32(22)4)16-8-11-18(26(34)28-3)19(12-16)35-5/h6-13H,1H2,2-5H3,(H,28,34)(H,31,33)(H2,27,29,30). The molecule has 178 valence electrons. The molecule has 0 aliphatic rings. The monoisotopic (exact) mass is 470 g/mol. The first kappa shape index (κ1) is 23.5. The Morgan fingerprint density at radius 3 is 2.40 bits per heavy atom. The van der Waals surface area contributed by atoms with E-state index in [1.165, 1.54) is 13.4 Å². The van der Waals surface area contributed by atoms with Gasteiger partial charge in [-0.25, -0.2) is 9.97 Å². The molecule has 4 rings (SSSR count). The fourth-order valence-electron chi connectivity index (χ4n) is 4.01. The fraction of sp³-hybridized carbons (Fsp3) is 0.154. The van der Waals surface area contributed by atoms with Crippen LogP contribution in [0.15, 0.2) is 60.9 Å². The van der Waals surface area contributed by atoms with Crippen LogP contribution in [-0.2, 0) is 11.8 Å². The summed E-state index contributed by atoms with van der Waals surface area (Å²) in [7, 11) is 4.99. The highest BCUT2D eigenvalue weighted by Gasteiger charge is 2.23. The van der Waals surface area contributed by atoms with Crippen molar-refractivity contribution >= 4 is 34.4 Å². The zero-order valence-corrected chi connectivity index (χ0v) is 20.0. The number of carbonyl (C=O) groups is 2. The van der Waals surface area contributed by atoms with Crippen molar-refractivity contribution in [1.82, 2.24) is 19.9 Å². The first-order valence-corrected chi connectivity index (χ1v) is 10.8. The molecule has 35 heavy (non-hydrogen) atoms. The summed E-state index contributed by atoms with van der Waals surface area (Å²) in [6, 6.07) is 12.8. The summed E-state index contributed by atoms with van der Waals surface area (Å²) in [6.45, 7) is 5.32. The molecule has 2 aromatic heterocycles. The Morgan fingerprint density at radius 2 is 1.77 bits per heavy atom. The summed E-state index contributed by atoms with van der Waals surface area (Å²) in [5.74, 6) is 0.279. The number of fused-ring (bicyclic) bond motifs is 1. The molecule has 9 heteroatoms. The van der Waals surface area contributed by atoms with E-state index in [4.69, 9.17) is 10.5 Å². The number of nitrogen functional groups attached to an aromatic ring is 1. The van der Waals surface area contributed by atoms with E-state index in [1.54, 1.807) is 26.1 Å². The zero-order chi connectivity index (χ0) is 25.3. The van der Waals surface area contributed by atoms with Crippen molar-refractivity contribution in [2.24, 2.45) is 7.05 Å². The summed E-state index contributed by atoms with van der Waals surface area (Å²) in [5.41, 5.74) is 11.8. The summed E-state index contributed by atoms with van der Waals surface area (Å²) in [5, 5.41) is 6.13. The van der Waals surface area contributed by atoms with Gasteiger partial charge in [0.1, 0.15) is 23.5 Å². The number of rotatable bonds is 6. The molecule has 9 nitrogen and oxygen atoms in total. The van der Waals surface area contributed by atoms with Gasteiger partial charge in [-0.1, -0.05) is 24.8 Å². The van der Waals surface area contributed by atoms with E-state index in [-0.39, 0.29) is 11.8 Å². The van der Waals surface area contributed by atoms with Crippen molar-refractivity contribution in [2.75, 3.05) is 25.2 Å². The van der Waals surface area contributed by atoms with Crippen LogP contribution < -0.4 is 21.1 Å². The molecule has 0 aliphatic carbocycles. The van der Waals surface area contributed by atoms with Crippen molar-refractivity contribution < 1.29 is 14.3 Å². The highest BCUT2D eigenvalue weighted by atomic mass is 16.5. The topological polar surface area (TPSA) is 124 Å². The first-order chi connectivity index (χ1) is 16.8. The number of nitrogens with zero attached hydrogens (tertiary/aromatic N) is 3. The second-order valence-electron chi connectivity index (χ2n) is 8.05. The molecular formula is C26H26N6O3. The average Bonchev–Trinajstić information content (AvgIpc) is 3.17. The maximum Gasteiger partial charge on any atom is 0.254 e. The Morgan fingerprint density at radius 1 is 1.09 bits per heavy atom. The maximum absolute atomic E-state index is 12.3. The smallest absolute Gasteiger partial charge is 0.254 e. The molecule has 0 saturated carbocycles. The highest BCUT2D eigenvalue weighted by Crippen LogP contribution is 2.43. The lowest BCUT2D eigenvalue weighted by Gasteiger charge is -2.13. The molecule has 0 unspecified atom stereocenters. The molecule has 0 aliphatic heterocycles. The SMILES string of the molecule is C=C(C)C(=O)Nc1ccc(-c2c(-c3ccc(C(=O)NC)c(OC)c3)c3c(N)ncnc3n2C)cc1. The molecule has 2 aromatic carbocycles. The third-order valence-corrected chi connectivity index (χ3v) is 5.76. The molecule has 0 spiro atoms. The highest BCUT2D eigenvalue weighted by molar-refractivity contribution is 6.09. The minimum absolute atomic E-state index is 0.241. The molecule has 0 saturated heterocycles. The van der Waals surface area contributed by atoms with Gasteiger partial charge in [-0.05, 0) is 42.3 Å². The molecule has 4 aromatic rings. The van der Waals surface area contributed by atoms with Crippen LogP contribution in [0.4, 0.5) is 11.5 Å². The number of benzene rings is 2. The maximum atomic E-state index is 12.3. The summed E-state index contributed by atoms with van der Waals surface area (Å²) in [6.07, 6.45) is 1.43. The normalized spacial score (nSPS) is 10.7. The van der Waals surface area contributed by atoms with E-state index >= 15 is 0 Å². The largest absolute Gasteiger partial charge is 0.496 e. The molecule has 2 heterocycles. The number of amides is 2. The lowest BCUT2D eigenvalue weighted by Crippen LogP contribution is -2.18. The van der Waals surface area contributed by atoms with Crippen LogP contribution in [0.2, 0.25) is 0 Å². The number of hydrogen-bond acceptors (Lipinski definition) is 6. The Hall–Kier alpha value is -4.66. The average molecular weight is 471 g/mol. The van der Waals surface area contributed by atoms with Crippen molar-refractivity contribution in [2.45, 2.75) is 6.92 Å². The number of aryl methyl sites for hydroxylation is 1. The number of methoxy groups -OCH3 is 1. The van der Waals surface area contributed by atoms with E-state index in [9.17, 15) is 9.59 Å². The third kappa shape index (κ3) is 4.19. The van der Waals surface area contributed by atoms with Crippen LogP contribution in [0.1, 0.15) is 17.3 Å². The number of ether oxygens (including phenoxy) is 1. The summed E-state index contributed by atoms with van der Waals surface area (Å²) in [4.78, 5) is 32.9. The molecule has 0 atom stereocenters. The number of anilines is 2. The Bertz CT molecular complexity index is 1470.